The summed E-state index contributed by atoms with van der Waals surface area (Å²) in [4.78, 5) is 4.82. The molecule has 2 aromatic heterocycles. The summed E-state index contributed by atoms with van der Waals surface area (Å²) in [5.74, 6) is 3.36. The van der Waals surface area contributed by atoms with Crippen molar-refractivity contribution in [1.82, 2.24) is 19.7 Å². The van der Waals surface area contributed by atoms with E-state index in [1.54, 1.807) is 11.8 Å². The van der Waals surface area contributed by atoms with E-state index >= 15 is 0 Å². The number of hydrogen-bond donors (Lipinski definition) is 0. The van der Waals surface area contributed by atoms with Crippen molar-refractivity contribution in [1.29, 1.82) is 0 Å². The SMILES string of the molecule is CCOc1ccc(-n2c(SCc3nnc(C4CC4)o3)nc3ccccc32)cc1. The van der Waals surface area contributed by atoms with E-state index in [2.05, 4.69) is 33.0 Å². The van der Waals surface area contributed by atoms with Gasteiger partial charge in [0.25, 0.3) is 0 Å². The van der Waals surface area contributed by atoms with Crippen LogP contribution in [0.15, 0.2) is 58.1 Å². The average molecular weight is 392 g/mol. The number of hydrogen-bond acceptors (Lipinski definition) is 6. The van der Waals surface area contributed by atoms with Crippen LogP contribution < -0.4 is 4.74 Å². The molecular formula is C21H20N4O2S. The molecule has 1 fully saturated rings. The largest absolute Gasteiger partial charge is 0.494 e. The molecule has 4 aromatic rings. The summed E-state index contributed by atoms with van der Waals surface area (Å²) in [6, 6.07) is 16.2. The predicted octanol–water partition coefficient (Wildman–Crippen LogP) is 4.98. The molecule has 1 aliphatic rings. The molecule has 6 nitrogen and oxygen atoms in total. The minimum absolute atomic E-state index is 0.472. The number of thioether (sulfide) groups is 1. The molecule has 0 aliphatic heterocycles. The fourth-order valence-electron chi connectivity index (χ4n) is 3.15. The average Bonchev–Trinajstić information content (AvgIpc) is 3.35. The van der Waals surface area contributed by atoms with E-state index in [4.69, 9.17) is 14.1 Å². The highest BCUT2D eigenvalue weighted by molar-refractivity contribution is 7.98. The first-order valence-corrected chi connectivity index (χ1v) is 10.5. The Balaban J connectivity index is 1.46. The van der Waals surface area contributed by atoms with Crippen molar-refractivity contribution in [2.24, 2.45) is 0 Å². The number of imidazole rings is 1. The maximum atomic E-state index is 5.79. The van der Waals surface area contributed by atoms with Gasteiger partial charge < -0.3 is 9.15 Å². The molecule has 0 amide bonds. The van der Waals surface area contributed by atoms with Gasteiger partial charge in [0.2, 0.25) is 11.8 Å². The Morgan fingerprint density at radius 2 is 1.93 bits per heavy atom. The summed E-state index contributed by atoms with van der Waals surface area (Å²) in [6.07, 6.45) is 2.31. The summed E-state index contributed by atoms with van der Waals surface area (Å²) < 4.78 is 13.5. The van der Waals surface area contributed by atoms with E-state index in [0.29, 0.717) is 24.2 Å². The molecular weight excluding hydrogens is 372 g/mol. The molecule has 28 heavy (non-hydrogen) atoms. The van der Waals surface area contributed by atoms with Crippen LogP contribution in [-0.2, 0) is 5.75 Å². The van der Waals surface area contributed by atoms with Gasteiger partial charge in [-0.2, -0.15) is 0 Å². The van der Waals surface area contributed by atoms with Crippen LogP contribution >= 0.6 is 11.8 Å². The van der Waals surface area contributed by atoms with Gasteiger partial charge in [0.15, 0.2) is 5.16 Å². The Kier molecular flexibility index (Phi) is 4.52. The third-order valence-corrected chi connectivity index (χ3v) is 5.59. The maximum absolute atomic E-state index is 5.79. The first-order chi connectivity index (χ1) is 13.8. The molecule has 0 N–H and O–H groups in total. The molecule has 0 saturated heterocycles. The Labute approximate surface area is 166 Å². The van der Waals surface area contributed by atoms with Crippen molar-refractivity contribution in [2.75, 3.05) is 6.61 Å². The monoisotopic (exact) mass is 392 g/mol. The number of benzene rings is 2. The molecule has 2 aromatic carbocycles. The van der Waals surface area contributed by atoms with Gasteiger partial charge in [-0.3, -0.25) is 4.57 Å². The van der Waals surface area contributed by atoms with Gasteiger partial charge in [-0.15, -0.1) is 10.2 Å². The highest BCUT2D eigenvalue weighted by atomic mass is 32.2. The molecule has 0 radical (unpaired) electrons. The van der Waals surface area contributed by atoms with Crippen LogP contribution in [0, 0.1) is 0 Å². The van der Waals surface area contributed by atoms with Crippen LogP contribution in [-0.4, -0.2) is 26.4 Å². The lowest BCUT2D eigenvalue weighted by molar-refractivity contribution is 0.340. The number of fused-ring (bicyclic) bond motifs is 1. The standard InChI is InChI=1S/C21H20N4O2S/c1-2-26-16-11-9-15(10-12-16)25-18-6-4-3-5-17(18)22-21(25)28-13-19-23-24-20(27-19)14-7-8-14/h3-6,9-12,14H,2,7-8,13H2,1H3. The maximum Gasteiger partial charge on any atom is 0.226 e. The van der Waals surface area contributed by atoms with E-state index in [-0.39, 0.29) is 0 Å². The van der Waals surface area contributed by atoms with Crippen LogP contribution in [0.1, 0.15) is 37.5 Å². The minimum Gasteiger partial charge on any atom is -0.494 e. The first-order valence-electron chi connectivity index (χ1n) is 9.47. The number of aromatic nitrogens is 4. The fraction of sp³-hybridized carbons (Fsp3) is 0.286. The summed E-state index contributed by atoms with van der Waals surface area (Å²) in [7, 11) is 0. The van der Waals surface area contributed by atoms with Crippen LogP contribution in [0.4, 0.5) is 0 Å². The zero-order valence-electron chi connectivity index (χ0n) is 15.5. The van der Waals surface area contributed by atoms with Crippen molar-refractivity contribution >= 4 is 22.8 Å². The molecule has 0 spiro atoms. The minimum atomic E-state index is 0.472. The number of rotatable bonds is 7. The molecule has 1 saturated carbocycles. The van der Waals surface area contributed by atoms with Gasteiger partial charge in [0, 0.05) is 11.6 Å². The van der Waals surface area contributed by atoms with E-state index in [0.717, 1.165) is 46.4 Å². The Hall–Kier alpha value is -2.80. The second kappa shape index (κ2) is 7.31. The molecule has 5 rings (SSSR count). The summed E-state index contributed by atoms with van der Waals surface area (Å²) in [5, 5.41) is 9.26. The van der Waals surface area contributed by atoms with Gasteiger partial charge in [-0.1, -0.05) is 23.9 Å². The molecule has 0 unspecified atom stereocenters. The smallest absolute Gasteiger partial charge is 0.226 e. The van der Waals surface area contributed by atoms with Crippen molar-refractivity contribution in [2.45, 2.75) is 36.6 Å². The van der Waals surface area contributed by atoms with Crippen molar-refractivity contribution in [3.8, 4) is 11.4 Å². The number of nitrogens with zero attached hydrogens (tertiary/aromatic N) is 4. The topological polar surface area (TPSA) is 66.0 Å². The van der Waals surface area contributed by atoms with Gasteiger partial charge in [0.05, 0.1) is 23.4 Å². The van der Waals surface area contributed by atoms with Gasteiger partial charge in [0.1, 0.15) is 5.75 Å². The quantitative estimate of drug-likeness (QED) is 0.413. The first kappa shape index (κ1) is 17.3. The summed E-state index contributed by atoms with van der Waals surface area (Å²) in [5.41, 5.74) is 3.07. The molecule has 0 bridgehead atoms. The number of para-hydroxylation sites is 2. The highest BCUT2D eigenvalue weighted by Crippen LogP contribution is 2.39. The van der Waals surface area contributed by atoms with Crippen LogP contribution in [0.5, 0.6) is 5.75 Å². The zero-order chi connectivity index (χ0) is 18.9. The van der Waals surface area contributed by atoms with Crippen LogP contribution in [0.2, 0.25) is 0 Å². The van der Waals surface area contributed by atoms with E-state index in [9.17, 15) is 0 Å². The van der Waals surface area contributed by atoms with E-state index < -0.39 is 0 Å². The molecule has 2 heterocycles. The van der Waals surface area contributed by atoms with Crippen LogP contribution in [0.25, 0.3) is 16.7 Å². The summed E-state index contributed by atoms with van der Waals surface area (Å²) >= 11 is 1.60. The predicted molar refractivity (Wildman–Crippen MR) is 108 cm³/mol. The normalized spacial score (nSPS) is 13.9. The highest BCUT2D eigenvalue weighted by Gasteiger charge is 2.29. The van der Waals surface area contributed by atoms with Crippen molar-refractivity contribution in [3.05, 3.63) is 60.3 Å². The van der Waals surface area contributed by atoms with Gasteiger partial charge >= 0.3 is 0 Å². The Morgan fingerprint density at radius 1 is 1.11 bits per heavy atom. The lowest BCUT2D eigenvalue weighted by Crippen LogP contribution is -1.98. The lowest BCUT2D eigenvalue weighted by atomic mass is 10.2. The molecule has 7 heteroatoms. The molecule has 1 aliphatic carbocycles. The second-order valence-corrected chi connectivity index (χ2v) is 7.68. The lowest BCUT2D eigenvalue weighted by Gasteiger charge is -2.10. The third kappa shape index (κ3) is 3.38. The number of ether oxygens (including phenoxy) is 1. The zero-order valence-corrected chi connectivity index (χ0v) is 16.4. The Morgan fingerprint density at radius 3 is 2.71 bits per heavy atom. The van der Waals surface area contributed by atoms with E-state index in [1.165, 1.54) is 0 Å². The molecule has 0 atom stereocenters. The molecule has 142 valence electrons. The fourth-order valence-corrected chi connectivity index (χ4v) is 4.02. The Bertz CT molecular complexity index is 1100. The van der Waals surface area contributed by atoms with Gasteiger partial charge in [-0.05, 0) is 56.2 Å². The van der Waals surface area contributed by atoms with Crippen molar-refractivity contribution in [3.63, 3.8) is 0 Å². The van der Waals surface area contributed by atoms with Crippen molar-refractivity contribution < 1.29 is 9.15 Å². The van der Waals surface area contributed by atoms with Gasteiger partial charge in [-0.25, -0.2) is 4.98 Å². The second-order valence-electron chi connectivity index (χ2n) is 6.74. The third-order valence-electron chi connectivity index (χ3n) is 4.67. The summed E-state index contributed by atoms with van der Waals surface area (Å²) in [6.45, 7) is 2.64. The van der Waals surface area contributed by atoms with E-state index in [1.807, 2.05) is 37.3 Å². The van der Waals surface area contributed by atoms with Crippen LogP contribution in [0.3, 0.4) is 0 Å².